The summed E-state index contributed by atoms with van der Waals surface area (Å²) in [4.78, 5) is 29.2. The van der Waals surface area contributed by atoms with Gasteiger partial charge in [-0.2, -0.15) is 0 Å². The Morgan fingerprint density at radius 3 is 2.38 bits per heavy atom. The molecule has 0 saturated carbocycles. The first kappa shape index (κ1) is 25.2. The van der Waals surface area contributed by atoms with Gasteiger partial charge in [-0.15, -0.1) is 0 Å². The van der Waals surface area contributed by atoms with Crippen LogP contribution in [0.4, 0.5) is 19.3 Å². The van der Waals surface area contributed by atoms with Crippen molar-refractivity contribution in [2.45, 2.75) is 26.9 Å². The second-order valence-electron chi connectivity index (χ2n) is 8.29. The molecule has 0 unspecified atom stereocenters. The number of nitrogens with zero attached hydrogens (tertiary/aromatic N) is 2. The first-order chi connectivity index (χ1) is 16.2. The van der Waals surface area contributed by atoms with E-state index >= 15 is 0 Å². The summed E-state index contributed by atoms with van der Waals surface area (Å²) in [7, 11) is 0. The normalized spacial score (nSPS) is 10.9. The molecule has 0 aliphatic rings. The van der Waals surface area contributed by atoms with Crippen LogP contribution in [0.3, 0.4) is 0 Å². The van der Waals surface area contributed by atoms with Crippen LogP contribution in [-0.4, -0.2) is 34.8 Å². The minimum absolute atomic E-state index is 0.0889. The quantitative estimate of drug-likeness (QED) is 0.405. The third kappa shape index (κ3) is 7.31. The summed E-state index contributed by atoms with van der Waals surface area (Å²) in [6.07, 6.45) is 1.52. The van der Waals surface area contributed by atoms with Gasteiger partial charge in [0.15, 0.2) is 0 Å². The molecular weight excluding hydrogens is 464 g/mol. The molecule has 3 amide bonds. The number of rotatable bonds is 9. The minimum atomic E-state index is -0.594. The molecule has 0 aliphatic carbocycles. The van der Waals surface area contributed by atoms with Crippen molar-refractivity contribution in [1.29, 1.82) is 0 Å². The summed E-state index contributed by atoms with van der Waals surface area (Å²) < 4.78 is 32.2. The fourth-order valence-corrected chi connectivity index (χ4v) is 3.51. The highest BCUT2D eigenvalue weighted by molar-refractivity contribution is 6.31. The molecule has 2 aromatic carbocycles. The largest absolute Gasteiger partial charge is 0.467 e. The highest BCUT2D eigenvalue weighted by Crippen LogP contribution is 2.20. The molecule has 1 heterocycles. The van der Waals surface area contributed by atoms with Gasteiger partial charge < -0.3 is 19.5 Å². The Morgan fingerprint density at radius 1 is 1.03 bits per heavy atom. The molecule has 3 aromatic rings. The van der Waals surface area contributed by atoms with Crippen molar-refractivity contribution < 1.29 is 22.8 Å². The van der Waals surface area contributed by atoms with E-state index in [1.807, 2.05) is 13.8 Å². The number of nitrogens with one attached hydrogen (secondary N) is 1. The SMILES string of the molecule is CC(C)CN(CC(=O)N(Cc1ccc(F)cc1)Cc1ccco1)C(=O)Nc1ccc(F)c(Cl)c1. The van der Waals surface area contributed by atoms with Crippen LogP contribution in [0.2, 0.25) is 5.02 Å². The van der Waals surface area contributed by atoms with Crippen molar-refractivity contribution in [2.75, 3.05) is 18.4 Å². The van der Waals surface area contributed by atoms with Crippen LogP contribution < -0.4 is 5.32 Å². The average molecular weight is 490 g/mol. The van der Waals surface area contributed by atoms with Crippen LogP contribution in [-0.2, 0) is 17.9 Å². The van der Waals surface area contributed by atoms with Crippen molar-refractivity contribution in [1.82, 2.24) is 9.80 Å². The van der Waals surface area contributed by atoms with Gasteiger partial charge in [0.25, 0.3) is 0 Å². The van der Waals surface area contributed by atoms with Crippen LogP contribution in [0.1, 0.15) is 25.2 Å². The van der Waals surface area contributed by atoms with Crippen molar-refractivity contribution in [2.24, 2.45) is 5.92 Å². The molecule has 1 aromatic heterocycles. The third-order valence-corrected chi connectivity index (χ3v) is 5.23. The third-order valence-electron chi connectivity index (χ3n) is 4.94. The molecular formula is C25H26ClF2N3O3. The van der Waals surface area contributed by atoms with Gasteiger partial charge in [0.05, 0.1) is 17.8 Å². The molecule has 0 radical (unpaired) electrons. The van der Waals surface area contributed by atoms with Crippen LogP contribution in [0.5, 0.6) is 0 Å². The second kappa shape index (κ2) is 11.7. The van der Waals surface area contributed by atoms with E-state index in [0.717, 1.165) is 11.6 Å². The van der Waals surface area contributed by atoms with Gasteiger partial charge in [-0.1, -0.05) is 37.6 Å². The predicted molar refractivity (Wildman–Crippen MR) is 126 cm³/mol. The zero-order chi connectivity index (χ0) is 24.7. The lowest BCUT2D eigenvalue weighted by Crippen LogP contribution is -2.45. The van der Waals surface area contributed by atoms with Crippen molar-refractivity contribution in [3.05, 3.63) is 88.8 Å². The molecule has 9 heteroatoms. The van der Waals surface area contributed by atoms with E-state index in [0.29, 0.717) is 18.0 Å². The molecule has 0 saturated heterocycles. The fraction of sp³-hybridized carbons (Fsp3) is 0.280. The monoisotopic (exact) mass is 489 g/mol. The molecule has 34 heavy (non-hydrogen) atoms. The molecule has 0 aliphatic heterocycles. The number of amides is 3. The number of hydrogen-bond acceptors (Lipinski definition) is 3. The Hall–Kier alpha value is -3.39. The van der Waals surface area contributed by atoms with Gasteiger partial charge in [0.2, 0.25) is 5.91 Å². The molecule has 6 nitrogen and oxygen atoms in total. The van der Waals surface area contributed by atoms with Gasteiger partial charge in [-0.3, -0.25) is 4.79 Å². The molecule has 0 atom stereocenters. The zero-order valence-electron chi connectivity index (χ0n) is 18.9. The minimum Gasteiger partial charge on any atom is -0.467 e. The maximum atomic E-state index is 13.5. The summed E-state index contributed by atoms with van der Waals surface area (Å²) in [5.41, 5.74) is 1.05. The van der Waals surface area contributed by atoms with E-state index in [1.165, 1.54) is 35.4 Å². The van der Waals surface area contributed by atoms with Gasteiger partial charge >= 0.3 is 6.03 Å². The lowest BCUT2D eigenvalue weighted by atomic mass is 10.2. The standard InChI is InChI=1S/C25H26ClF2N3O3/c1-17(2)13-31(25(33)29-20-9-10-23(28)22(26)12-20)16-24(32)30(15-21-4-3-11-34-21)14-18-5-7-19(27)8-6-18/h3-12,17H,13-16H2,1-2H3,(H,29,33). The maximum absolute atomic E-state index is 13.5. The Balaban J connectivity index is 1.76. The molecule has 0 spiro atoms. The van der Waals surface area contributed by atoms with Gasteiger partial charge in [0, 0.05) is 18.8 Å². The number of hydrogen-bond donors (Lipinski definition) is 1. The first-order valence-electron chi connectivity index (χ1n) is 10.8. The number of carbonyl (C=O) groups excluding carboxylic acids is 2. The Labute approximate surface area is 202 Å². The van der Waals surface area contributed by atoms with E-state index in [4.69, 9.17) is 16.0 Å². The van der Waals surface area contributed by atoms with E-state index in [2.05, 4.69) is 5.32 Å². The summed E-state index contributed by atoms with van der Waals surface area (Å²) in [5, 5.41) is 2.55. The van der Waals surface area contributed by atoms with E-state index in [9.17, 15) is 18.4 Å². The molecule has 3 rings (SSSR count). The Morgan fingerprint density at radius 2 is 1.76 bits per heavy atom. The predicted octanol–water partition coefficient (Wildman–Crippen LogP) is 5.93. The summed E-state index contributed by atoms with van der Waals surface area (Å²) >= 11 is 5.81. The molecule has 0 fully saturated rings. The van der Waals surface area contributed by atoms with Crippen LogP contribution in [0, 0.1) is 17.6 Å². The summed E-state index contributed by atoms with van der Waals surface area (Å²) in [6.45, 7) is 4.38. The number of anilines is 1. The van der Waals surface area contributed by atoms with Crippen LogP contribution in [0.25, 0.3) is 0 Å². The van der Waals surface area contributed by atoms with Crippen molar-refractivity contribution >= 4 is 29.2 Å². The Bertz CT molecular complexity index is 1110. The average Bonchev–Trinajstić information content (AvgIpc) is 3.29. The van der Waals surface area contributed by atoms with E-state index in [1.54, 1.807) is 29.2 Å². The molecule has 180 valence electrons. The number of benzene rings is 2. The Kier molecular flexibility index (Phi) is 8.65. The van der Waals surface area contributed by atoms with Gasteiger partial charge in [-0.05, 0) is 53.9 Å². The number of furan rings is 1. The lowest BCUT2D eigenvalue weighted by Gasteiger charge is -2.28. The van der Waals surface area contributed by atoms with Gasteiger partial charge in [-0.25, -0.2) is 13.6 Å². The topological polar surface area (TPSA) is 65.8 Å². The fourth-order valence-electron chi connectivity index (χ4n) is 3.33. The van der Waals surface area contributed by atoms with Crippen LogP contribution >= 0.6 is 11.6 Å². The van der Waals surface area contributed by atoms with E-state index < -0.39 is 11.8 Å². The zero-order valence-corrected chi connectivity index (χ0v) is 19.7. The van der Waals surface area contributed by atoms with Crippen molar-refractivity contribution in [3.63, 3.8) is 0 Å². The smallest absolute Gasteiger partial charge is 0.322 e. The number of urea groups is 1. The van der Waals surface area contributed by atoms with Crippen molar-refractivity contribution in [3.8, 4) is 0 Å². The second-order valence-corrected chi connectivity index (χ2v) is 8.70. The summed E-state index contributed by atoms with van der Waals surface area (Å²) in [6, 6.07) is 12.7. The maximum Gasteiger partial charge on any atom is 0.322 e. The van der Waals surface area contributed by atoms with Gasteiger partial charge in [0.1, 0.15) is 23.9 Å². The first-order valence-corrected chi connectivity index (χ1v) is 11.1. The highest BCUT2D eigenvalue weighted by Gasteiger charge is 2.23. The van der Waals surface area contributed by atoms with Crippen LogP contribution in [0.15, 0.2) is 65.3 Å². The molecule has 1 N–H and O–H groups in total. The number of carbonyl (C=O) groups is 2. The number of halogens is 3. The highest BCUT2D eigenvalue weighted by atomic mass is 35.5. The summed E-state index contributed by atoms with van der Waals surface area (Å²) in [5.74, 6) is -0.604. The molecule has 0 bridgehead atoms. The van der Waals surface area contributed by atoms with E-state index in [-0.39, 0.29) is 42.3 Å². The lowest BCUT2D eigenvalue weighted by molar-refractivity contribution is -0.133.